The number of nitrogens with one attached hydrogen (secondary N) is 1. The summed E-state index contributed by atoms with van der Waals surface area (Å²) in [4.78, 5) is 11.2. The van der Waals surface area contributed by atoms with E-state index in [1.807, 2.05) is 0 Å². The Morgan fingerprint density at radius 3 is 2.38 bits per heavy atom. The molecule has 1 saturated heterocycles. The highest BCUT2D eigenvalue weighted by Crippen LogP contribution is 2.27. The molecule has 2 unspecified atom stereocenters. The summed E-state index contributed by atoms with van der Waals surface area (Å²) in [5, 5.41) is 2.08. The van der Waals surface area contributed by atoms with Crippen molar-refractivity contribution in [3.05, 3.63) is 23.8 Å². The van der Waals surface area contributed by atoms with Crippen LogP contribution >= 0.6 is 10.7 Å². The van der Waals surface area contributed by atoms with Crippen LogP contribution in [0.2, 0.25) is 0 Å². The van der Waals surface area contributed by atoms with Gasteiger partial charge in [0.1, 0.15) is 11.8 Å². The first-order chi connectivity index (χ1) is 9.70. The summed E-state index contributed by atoms with van der Waals surface area (Å²) in [7, 11) is 0.752. The Labute approximate surface area is 124 Å². The number of amides is 1. The van der Waals surface area contributed by atoms with Crippen LogP contribution in [0.4, 0.5) is 14.5 Å². The second kappa shape index (κ2) is 5.86. The van der Waals surface area contributed by atoms with Crippen LogP contribution in [0.3, 0.4) is 0 Å². The molecule has 21 heavy (non-hydrogen) atoms. The lowest BCUT2D eigenvalue weighted by Gasteiger charge is -2.15. The number of carbonyl (C=O) groups excluding carboxylic acids is 1. The minimum Gasteiger partial charge on any atom is -0.368 e. The van der Waals surface area contributed by atoms with Crippen molar-refractivity contribution in [2.24, 2.45) is 5.92 Å². The van der Waals surface area contributed by atoms with E-state index in [9.17, 15) is 22.0 Å². The van der Waals surface area contributed by atoms with Crippen molar-refractivity contribution in [2.75, 3.05) is 11.9 Å². The van der Waals surface area contributed by atoms with Crippen molar-refractivity contribution in [1.29, 1.82) is 0 Å². The molecule has 2 rings (SSSR count). The van der Waals surface area contributed by atoms with Gasteiger partial charge in [0.05, 0.1) is 4.90 Å². The molecule has 0 saturated carbocycles. The van der Waals surface area contributed by atoms with Gasteiger partial charge in [0.15, 0.2) is 11.6 Å². The number of anilines is 1. The summed E-state index contributed by atoms with van der Waals surface area (Å²) in [6, 6.07) is 1.08. The van der Waals surface area contributed by atoms with Crippen LogP contribution in [0.25, 0.3) is 0 Å². The second-order valence-electron chi connectivity index (χ2n) is 4.75. The molecule has 1 amide bonds. The van der Waals surface area contributed by atoms with Crippen LogP contribution in [0.5, 0.6) is 0 Å². The van der Waals surface area contributed by atoms with Crippen molar-refractivity contribution < 1.29 is 26.7 Å². The van der Waals surface area contributed by atoms with Gasteiger partial charge in [-0.1, -0.05) is 6.92 Å². The van der Waals surface area contributed by atoms with Crippen LogP contribution in [0.1, 0.15) is 13.3 Å². The second-order valence-corrected chi connectivity index (χ2v) is 7.31. The minimum atomic E-state index is -4.26. The van der Waals surface area contributed by atoms with Crippen molar-refractivity contribution in [3.63, 3.8) is 0 Å². The Bertz CT molecular complexity index is 657. The lowest BCUT2D eigenvalue weighted by atomic mass is 10.0. The molecular formula is C12H12ClF2NO4S. The van der Waals surface area contributed by atoms with Crippen LogP contribution in [0.15, 0.2) is 17.0 Å². The molecule has 0 spiro atoms. The maximum absolute atomic E-state index is 13.8. The van der Waals surface area contributed by atoms with E-state index in [1.165, 1.54) is 0 Å². The van der Waals surface area contributed by atoms with Gasteiger partial charge >= 0.3 is 0 Å². The van der Waals surface area contributed by atoms with Gasteiger partial charge in [0.2, 0.25) is 0 Å². The molecule has 1 fully saturated rings. The fourth-order valence-corrected chi connectivity index (χ4v) is 2.79. The molecule has 9 heteroatoms. The molecule has 1 N–H and O–H groups in total. The predicted molar refractivity (Wildman–Crippen MR) is 71.5 cm³/mol. The molecular weight excluding hydrogens is 328 g/mol. The number of halogens is 3. The summed E-state index contributed by atoms with van der Waals surface area (Å²) < 4.78 is 54.8. The number of ether oxygens (including phenoxy) is 1. The molecule has 0 bridgehead atoms. The third-order valence-electron chi connectivity index (χ3n) is 3.19. The normalized spacial score (nSPS) is 22.3. The molecule has 1 aliphatic rings. The summed E-state index contributed by atoms with van der Waals surface area (Å²) in [5.41, 5.74) is -0.730. The van der Waals surface area contributed by atoms with Gasteiger partial charge < -0.3 is 10.1 Å². The van der Waals surface area contributed by atoms with Gasteiger partial charge in [0.25, 0.3) is 15.0 Å². The van der Waals surface area contributed by atoms with Crippen LogP contribution in [-0.2, 0) is 18.6 Å². The molecule has 1 heterocycles. The molecule has 2 atom stereocenters. The lowest BCUT2D eigenvalue weighted by molar-refractivity contribution is -0.126. The van der Waals surface area contributed by atoms with Gasteiger partial charge in [0, 0.05) is 17.3 Å². The van der Waals surface area contributed by atoms with Crippen molar-refractivity contribution in [1.82, 2.24) is 0 Å². The zero-order valence-electron chi connectivity index (χ0n) is 10.9. The number of hydrogen-bond donors (Lipinski definition) is 1. The van der Waals surface area contributed by atoms with E-state index in [0.29, 0.717) is 25.2 Å². The van der Waals surface area contributed by atoms with Gasteiger partial charge in [-0.25, -0.2) is 17.2 Å². The molecule has 1 aromatic rings. The van der Waals surface area contributed by atoms with E-state index in [1.54, 1.807) is 6.92 Å². The molecule has 5 nitrogen and oxygen atoms in total. The topological polar surface area (TPSA) is 72.5 Å². The average Bonchev–Trinajstić information content (AvgIpc) is 2.78. The van der Waals surface area contributed by atoms with Crippen LogP contribution in [-0.4, -0.2) is 27.0 Å². The maximum Gasteiger partial charge on any atom is 0.261 e. The number of benzene rings is 1. The Hall–Kier alpha value is -1.25. The third-order valence-corrected chi connectivity index (χ3v) is 4.52. The average molecular weight is 340 g/mol. The van der Waals surface area contributed by atoms with E-state index in [0.717, 1.165) is 0 Å². The zero-order chi connectivity index (χ0) is 15.8. The largest absolute Gasteiger partial charge is 0.368 e. The first kappa shape index (κ1) is 16.1. The molecule has 1 aliphatic heterocycles. The van der Waals surface area contributed by atoms with E-state index in [2.05, 4.69) is 5.32 Å². The summed E-state index contributed by atoms with van der Waals surface area (Å²) >= 11 is 0. The predicted octanol–water partition coefficient (Wildman–Crippen LogP) is 2.26. The fourth-order valence-electron chi connectivity index (χ4n) is 2.04. The van der Waals surface area contributed by atoms with Crippen molar-refractivity contribution in [2.45, 2.75) is 24.3 Å². The zero-order valence-corrected chi connectivity index (χ0v) is 12.5. The van der Waals surface area contributed by atoms with Gasteiger partial charge in [-0.3, -0.25) is 4.79 Å². The van der Waals surface area contributed by atoms with E-state index >= 15 is 0 Å². The fraction of sp³-hybridized carbons (Fsp3) is 0.417. The number of hydrogen-bond acceptors (Lipinski definition) is 4. The third kappa shape index (κ3) is 3.50. The van der Waals surface area contributed by atoms with Gasteiger partial charge in [-0.05, 0) is 24.5 Å². The maximum atomic E-state index is 13.8. The van der Waals surface area contributed by atoms with Gasteiger partial charge in [-0.15, -0.1) is 0 Å². The Morgan fingerprint density at radius 1 is 1.38 bits per heavy atom. The summed E-state index contributed by atoms with van der Waals surface area (Å²) in [6.07, 6.45) is -0.118. The minimum absolute atomic E-state index is 0.0707. The first-order valence-electron chi connectivity index (χ1n) is 6.06. The van der Waals surface area contributed by atoms with Gasteiger partial charge in [-0.2, -0.15) is 0 Å². The molecule has 0 radical (unpaired) electrons. The standard InChI is InChI=1S/C12H12ClF2NO4S/c1-6-2-3-20-11(6)12(17)16-10-8(14)4-7(5-9(10)15)21(13,18)19/h4-6,11H,2-3H2,1H3,(H,16,17). The molecule has 1 aromatic carbocycles. The Morgan fingerprint density at radius 2 is 1.95 bits per heavy atom. The van der Waals surface area contributed by atoms with Crippen LogP contribution < -0.4 is 5.32 Å². The quantitative estimate of drug-likeness (QED) is 0.857. The Balaban J connectivity index is 2.27. The van der Waals surface area contributed by atoms with E-state index in [-0.39, 0.29) is 5.92 Å². The summed E-state index contributed by atoms with van der Waals surface area (Å²) in [5.74, 6) is -3.21. The monoisotopic (exact) mass is 339 g/mol. The first-order valence-corrected chi connectivity index (χ1v) is 8.37. The SMILES string of the molecule is CC1CCOC1C(=O)Nc1c(F)cc(S(=O)(=O)Cl)cc1F. The highest BCUT2D eigenvalue weighted by atomic mass is 35.7. The number of carbonyl (C=O) groups is 1. The van der Waals surface area contributed by atoms with Crippen LogP contribution in [0, 0.1) is 17.6 Å². The van der Waals surface area contributed by atoms with Crippen molar-refractivity contribution in [3.8, 4) is 0 Å². The molecule has 116 valence electrons. The Kier molecular flexibility index (Phi) is 4.50. The van der Waals surface area contributed by atoms with E-state index in [4.69, 9.17) is 15.4 Å². The summed E-state index contributed by atoms with van der Waals surface area (Å²) in [6.45, 7) is 2.18. The molecule has 0 aromatic heterocycles. The highest BCUT2D eigenvalue weighted by molar-refractivity contribution is 8.13. The van der Waals surface area contributed by atoms with Crippen molar-refractivity contribution >= 4 is 31.3 Å². The lowest BCUT2D eigenvalue weighted by Crippen LogP contribution is -2.32. The number of rotatable bonds is 3. The van der Waals surface area contributed by atoms with E-state index < -0.39 is 43.3 Å². The molecule has 0 aliphatic carbocycles. The highest BCUT2D eigenvalue weighted by Gasteiger charge is 2.32. The smallest absolute Gasteiger partial charge is 0.261 e.